The summed E-state index contributed by atoms with van der Waals surface area (Å²) in [7, 11) is 0. The molecule has 2 amide bonds. The Morgan fingerprint density at radius 2 is 1.74 bits per heavy atom. The van der Waals surface area contributed by atoms with Crippen LogP contribution in [0.1, 0.15) is 41.5 Å². The molecule has 23 heavy (non-hydrogen) atoms. The Labute approximate surface area is 140 Å². The number of amides is 2. The Kier molecular flexibility index (Phi) is 5.15. The molecule has 0 bridgehead atoms. The SMILES string of the molecule is Cc1cccc(C(C)C)c1NC(=O)C(=O)Nc1nc(C)c(C)s1. The first-order chi connectivity index (χ1) is 10.8. The van der Waals surface area contributed by atoms with E-state index in [2.05, 4.69) is 15.6 Å². The van der Waals surface area contributed by atoms with E-state index in [0.717, 1.165) is 21.7 Å². The Morgan fingerprint density at radius 3 is 2.30 bits per heavy atom. The van der Waals surface area contributed by atoms with E-state index >= 15 is 0 Å². The Morgan fingerprint density at radius 1 is 1.09 bits per heavy atom. The number of carbonyl (C=O) groups is 2. The van der Waals surface area contributed by atoms with Gasteiger partial charge in [-0.2, -0.15) is 0 Å². The Balaban J connectivity index is 2.14. The molecule has 0 atom stereocenters. The first-order valence-electron chi connectivity index (χ1n) is 7.45. The number of para-hydroxylation sites is 1. The van der Waals surface area contributed by atoms with Crippen LogP contribution in [0.2, 0.25) is 0 Å². The van der Waals surface area contributed by atoms with Gasteiger partial charge in [-0.1, -0.05) is 32.0 Å². The minimum absolute atomic E-state index is 0.248. The van der Waals surface area contributed by atoms with Gasteiger partial charge in [0.25, 0.3) is 0 Å². The number of thiazole rings is 1. The van der Waals surface area contributed by atoms with Gasteiger partial charge >= 0.3 is 11.8 Å². The molecule has 1 aromatic carbocycles. The van der Waals surface area contributed by atoms with Crippen molar-refractivity contribution in [3.8, 4) is 0 Å². The summed E-state index contributed by atoms with van der Waals surface area (Å²) >= 11 is 1.35. The molecule has 0 fully saturated rings. The van der Waals surface area contributed by atoms with Crippen LogP contribution in [0.15, 0.2) is 18.2 Å². The highest BCUT2D eigenvalue weighted by Crippen LogP contribution is 2.27. The van der Waals surface area contributed by atoms with Gasteiger partial charge in [0.15, 0.2) is 5.13 Å². The molecule has 1 aromatic heterocycles. The van der Waals surface area contributed by atoms with Crippen LogP contribution in [0.4, 0.5) is 10.8 Å². The summed E-state index contributed by atoms with van der Waals surface area (Å²) in [5, 5.41) is 5.71. The van der Waals surface area contributed by atoms with Gasteiger partial charge in [0, 0.05) is 10.6 Å². The molecule has 0 aliphatic carbocycles. The lowest BCUT2D eigenvalue weighted by Gasteiger charge is -2.16. The van der Waals surface area contributed by atoms with Crippen molar-refractivity contribution in [3.63, 3.8) is 0 Å². The molecule has 2 aromatic rings. The van der Waals surface area contributed by atoms with Crippen LogP contribution in [-0.4, -0.2) is 16.8 Å². The average Bonchev–Trinajstić information content (AvgIpc) is 2.78. The van der Waals surface area contributed by atoms with E-state index in [0.29, 0.717) is 10.8 Å². The molecular weight excluding hydrogens is 310 g/mol. The number of nitrogens with one attached hydrogen (secondary N) is 2. The number of hydrogen-bond acceptors (Lipinski definition) is 4. The summed E-state index contributed by atoms with van der Waals surface area (Å²) in [4.78, 5) is 29.5. The normalized spacial score (nSPS) is 10.7. The fourth-order valence-corrected chi connectivity index (χ4v) is 3.00. The number of aryl methyl sites for hydroxylation is 3. The number of benzene rings is 1. The zero-order valence-corrected chi connectivity index (χ0v) is 14.8. The summed E-state index contributed by atoms with van der Waals surface area (Å²) in [5.74, 6) is -1.15. The van der Waals surface area contributed by atoms with Crippen molar-refractivity contribution in [2.45, 2.75) is 40.5 Å². The van der Waals surface area contributed by atoms with Crippen LogP contribution in [0.5, 0.6) is 0 Å². The van der Waals surface area contributed by atoms with Crippen molar-refractivity contribution in [2.24, 2.45) is 0 Å². The first-order valence-corrected chi connectivity index (χ1v) is 8.27. The Bertz CT molecular complexity index is 731. The largest absolute Gasteiger partial charge is 0.317 e. The van der Waals surface area contributed by atoms with E-state index in [1.165, 1.54) is 11.3 Å². The van der Waals surface area contributed by atoms with Crippen molar-refractivity contribution >= 4 is 34.0 Å². The highest BCUT2D eigenvalue weighted by Gasteiger charge is 2.19. The van der Waals surface area contributed by atoms with Crippen molar-refractivity contribution in [1.29, 1.82) is 0 Å². The van der Waals surface area contributed by atoms with Gasteiger partial charge < -0.3 is 5.32 Å². The number of hydrogen-bond donors (Lipinski definition) is 2. The van der Waals surface area contributed by atoms with Gasteiger partial charge in [0.2, 0.25) is 0 Å². The molecule has 122 valence electrons. The fourth-order valence-electron chi connectivity index (χ4n) is 2.19. The number of rotatable bonds is 3. The summed E-state index contributed by atoms with van der Waals surface area (Å²) < 4.78 is 0. The predicted molar refractivity (Wildman–Crippen MR) is 94.1 cm³/mol. The molecular formula is C17H21N3O2S. The minimum Gasteiger partial charge on any atom is -0.317 e. The highest BCUT2D eigenvalue weighted by molar-refractivity contribution is 7.15. The van der Waals surface area contributed by atoms with Gasteiger partial charge in [-0.3, -0.25) is 14.9 Å². The number of nitrogens with zero attached hydrogens (tertiary/aromatic N) is 1. The van der Waals surface area contributed by atoms with Gasteiger partial charge in [-0.25, -0.2) is 4.98 Å². The molecule has 0 aliphatic rings. The van der Waals surface area contributed by atoms with Crippen molar-refractivity contribution < 1.29 is 9.59 Å². The molecule has 0 unspecified atom stereocenters. The molecule has 0 aliphatic heterocycles. The first kappa shape index (κ1) is 17.1. The predicted octanol–water partition coefficient (Wildman–Crippen LogP) is 3.77. The third-order valence-corrected chi connectivity index (χ3v) is 4.61. The van der Waals surface area contributed by atoms with E-state index in [4.69, 9.17) is 0 Å². The maximum absolute atomic E-state index is 12.2. The molecule has 6 heteroatoms. The van der Waals surface area contributed by atoms with Crippen molar-refractivity contribution in [2.75, 3.05) is 10.6 Å². The van der Waals surface area contributed by atoms with Gasteiger partial charge in [-0.05, 0) is 37.8 Å². The topological polar surface area (TPSA) is 71.1 Å². The summed E-state index contributed by atoms with van der Waals surface area (Å²) in [5.41, 5.74) is 3.49. The van der Waals surface area contributed by atoms with E-state index in [-0.39, 0.29) is 5.92 Å². The standard InChI is InChI=1S/C17H21N3O2S/c1-9(2)13-8-6-7-10(3)14(13)19-15(21)16(22)20-17-18-11(4)12(5)23-17/h6-9H,1-5H3,(H,19,21)(H,18,20,22). The second kappa shape index (κ2) is 6.91. The van der Waals surface area contributed by atoms with Crippen LogP contribution >= 0.6 is 11.3 Å². The Hall–Kier alpha value is -2.21. The highest BCUT2D eigenvalue weighted by atomic mass is 32.1. The molecule has 5 nitrogen and oxygen atoms in total. The van der Waals surface area contributed by atoms with Crippen LogP contribution in [0.25, 0.3) is 0 Å². The summed E-state index contributed by atoms with van der Waals surface area (Å²) in [6.07, 6.45) is 0. The molecule has 0 saturated carbocycles. The van der Waals surface area contributed by atoms with Gasteiger partial charge in [0.1, 0.15) is 0 Å². The molecule has 1 heterocycles. The zero-order valence-electron chi connectivity index (χ0n) is 14.0. The maximum Gasteiger partial charge on any atom is 0.315 e. The van der Waals surface area contributed by atoms with Crippen LogP contribution in [-0.2, 0) is 9.59 Å². The van der Waals surface area contributed by atoms with Crippen LogP contribution < -0.4 is 10.6 Å². The third kappa shape index (κ3) is 3.96. The van der Waals surface area contributed by atoms with Crippen molar-refractivity contribution in [1.82, 2.24) is 4.98 Å². The lowest BCUT2D eigenvalue weighted by Crippen LogP contribution is -2.29. The smallest absolute Gasteiger partial charge is 0.315 e. The number of anilines is 2. The van der Waals surface area contributed by atoms with Crippen molar-refractivity contribution in [3.05, 3.63) is 39.9 Å². The second-order valence-corrected chi connectivity index (χ2v) is 6.97. The summed E-state index contributed by atoms with van der Waals surface area (Å²) in [6, 6.07) is 5.81. The number of carbonyl (C=O) groups excluding carboxylic acids is 2. The van der Waals surface area contributed by atoms with E-state index in [1.807, 2.05) is 52.8 Å². The van der Waals surface area contributed by atoms with Crippen LogP contribution in [0, 0.1) is 20.8 Å². The quantitative estimate of drug-likeness (QED) is 0.841. The van der Waals surface area contributed by atoms with E-state index < -0.39 is 11.8 Å². The summed E-state index contributed by atoms with van der Waals surface area (Å²) in [6.45, 7) is 9.79. The average molecular weight is 331 g/mol. The van der Waals surface area contributed by atoms with Gasteiger partial charge in [-0.15, -0.1) is 11.3 Å². The van der Waals surface area contributed by atoms with E-state index in [9.17, 15) is 9.59 Å². The number of aromatic nitrogens is 1. The third-order valence-electron chi connectivity index (χ3n) is 3.62. The molecule has 0 radical (unpaired) electrons. The van der Waals surface area contributed by atoms with Gasteiger partial charge in [0.05, 0.1) is 5.69 Å². The lowest BCUT2D eigenvalue weighted by molar-refractivity contribution is -0.133. The monoisotopic (exact) mass is 331 g/mol. The molecule has 0 spiro atoms. The molecule has 2 rings (SSSR count). The maximum atomic E-state index is 12.2. The minimum atomic E-state index is -0.711. The lowest BCUT2D eigenvalue weighted by atomic mass is 9.98. The van der Waals surface area contributed by atoms with Crippen LogP contribution in [0.3, 0.4) is 0 Å². The second-order valence-electron chi connectivity index (χ2n) is 5.76. The molecule has 2 N–H and O–H groups in total. The zero-order chi connectivity index (χ0) is 17.1. The van der Waals surface area contributed by atoms with E-state index in [1.54, 1.807) is 0 Å². The molecule has 0 saturated heterocycles. The fraction of sp³-hybridized carbons (Fsp3) is 0.353.